The summed E-state index contributed by atoms with van der Waals surface area (Å²) >= 11 is 0. The Morgan fingerprint density at radius 2 is 2.05 bits per heavy atom. The zero-order chi connectivity index (χ0) is 14.6. The fraction of sp³-hybridized carbons (Fsp3) is 0.333. The maximum absolute atomic E-state index is 12.1. The lowest BCUT2D eigenvalue weighted by atomic mass is 10.2. The molecule has 2 N–H and O–H groups in total. The van der Waals surface area contributed by atoms with E-state index >= 15 is 0 Å². The molecule has 0 bridgehead atoms. The van der Waals surface area contributed by atoms with Crippen LogP contribution in [0.15, 0.2) is 40.1 Å². The Hall–Kier alpha value is -1.93. The number of hydrogen-bond acceptors (Lipinski definition) is 6. The third-order valence-corrected chi connectivity index (χ3v) is 4.15. The van der Waals surface area contributed by atoms with Crippen LogP contribution in [-0.2, 0) is 16.4 Å². The van der Waals surface area contributed by atoms with Crippen molar-refractivity contribution in [2.45, 2.75) is 24.3 Å². The van der Waals surface area contributed by atoms with Crippen molar-refractivity contribution in [2.24, 2.45) is 0 Å². The number of nitrogens with one attached hydrogen (secondary N) is 2. The average molecular weight is 296 g/mol. The third kappa shape index (κ3) is 3.55. The molecule has 2 aromatic heterocycles. The maximum atomic E-state index is 12.1. The predicted molar refractivity (Wildman–Crippen MR) is 73.8 cm³/mol. The molecule has 2 aromatic rings. The van der Waals surface area contributed by atoms with Crippen LogP contribution in [0.4, 0.5) is 5.95 Å². The van der Waals surface area contributed by atoms with Gasteiger partial charge in [-0.1, -0.05) is 0 Å². The summed E-state index contributed by atoms with van der Waals surface area (Å²) in [6.45, 7) is 1.77. The van der Waals surface area contributed by atoms with Crippen LogP contribution >= 0.6 is 0 Å². The van der Waals surface area contributed by atoms with E-state index in [2.05, 4.69) is 20.0 Å². The molecule has 0 saturated heterocycles. The summed E-state index contributed by atoms with van der Waals surface area (Å²) in [5.74, 6) is 1.09. The molecule has 2 heterocycles. The van der Waals surface area contributed by atoms with E-state index < -0.39 is 10.0 Å². The van der Waals surface area contributed by atoms with Crippen LogP contribution in [0.25, 0.3) is 0 Å². The first-order valence-electron chi connectivity index (χ1n) is 6.06. The molecule has 0 amide bonds. The highest BCUT2D eigenvalue weighted by molar-refractivity contribution is 7.89. The number of aromatic nitrogens is 2. The molecular formula is C12H16N4O3S. The van der Waals surface area contributed by atoms with Crippen LogP contribution in [0.3, 0.4) is 0 Å². The molecule has 0 radical (unpaired) electrons. The summed E-state index contributed by atoms with van der Waals surface area (Å²) in [6.07, 6.45) is 4.56. The molecule has 7 nitrogen and oxygen atoms in total. The molecule has 0 aliphatic rings. The van der Waals surface area contributed by atoms with Crippen molar-refractivity contribution in [3.8, 4) is 0 Å². The fourth-order valence-electron chi connectivity index (χ4n) is 1.69. The van der Waals surface area contributed by atoms with Gasteiger partial charge in [0.15, 0.2) is 0 Å². The van der Waals surface area contributed by atoms with Gasteiger partial charge in [0.05, 0.1) is 18.7 Å². The molecule has 0 aliphatic heterocycles. The number of furan rings is 1. The number of anilines is 1. The second kappa shape index (κ2) is 6.02. The maximum Gasteiger partial charge on any atom is 0.243 e. The lowest BCUT2D eigenvalue weighted by Crippen LogP contribution is -2.34. The van der Waals surface area contributed by atoms with E-state index in [4.69, 9.17) is 4.42 Å². The highest BCUT2D eigenvalue weighted by atomic mass is 32.2. The zero-order valence-electron chi connectivity index (χ0n) is 11.2. The lowest BCUT2D eigenvalue weighted by Gasteiger charge is -2.12. The molecule has 0 aliphatic carbocycles. The van der Waals surface area contributed by atoms with Crippen molar-refractivity contribution in [1.82, 2.24) is 14.7 Å². The molecule has 0 aromatic carbocycles. The first kappa shape index (κ1) is 14.5. The molecule has 1 atom stereocenters. The molecule has 0 fully saturated rings. The van der Waals surface area contributed by atoms with Crippen LogP contribution < -0.4 is 10.0 Å². The summed E-state index contributed by atoms with van der Waals surface area (Å²) in [5, 5.41) is 2.73. The van der Waals surface area contributed by atoms with Crippen LogP contribution in [0.5, 0.6) is 0 Å². The van der Waals surface area contributed by atoms with Gasteiger partial charge in [0.2, 0.25) is 16.0 Å². The SMILES string of the molecule is CNc1ncc(S(=O)(=O)NC(C)Cc2ccco2)cn1. The Bertz CT molecular complexity index is 638. The Balaban J connectivity index is 2.05. The minimum absolute atomic E-state index is 0.0304. The van der Waals surface area contributed by atoms with Gasteiger partial charge >= 0.3 is 0 Å². The number of nitrogens with zero attached hydrogens (tertiary/aromatic N) is 2. The monoisotopic (exact) mass is 296 g/mol. The van der Waals surface area contributed by atoms with Gasteiger partial charge in [0.25, 0.3) is 0 Å². The molecule has 1 unspecified atom stereocenters. The first-order chi connectivity index (χ1) is 9.51. The molecule has 0 saturated carbocycles. The Morgan fingerprint density at radius 3 is 2.60 bits per heavy atom. The Morgan fingerprint density at radius 1 is 1.35 bits per heavy atom. The largest absolute Gasteiger partial charge is 0.469 e. The van der Waals surface area contributed by atoms with Crippen molar-refractivity contribution in [1.29, 1.82) is 0 Å². The summed E-state index contributed by atoms with van der Waals surface area (Å²) in [7, 11) is -1.97. The molecule has 8 heteroatoms. The van der Waals surface area contributed by atoms with Crippen molar-refractivity contribution in [3.05, 3.63) is 36.5 Å². The minimum Gasteiger partial charge on any atom is -0.469 e. The van der Waals surface area contributed by atoms with Gasteiger partial charge in [-0.05, 0) is 19.1 Å². The van der Waals surface area contributed by atoms with E-state index in [1.165, 1.54) is 12.4 Å². The topological polar surface area (TPSA) is 97.1 Å². The lowest BCUT2D eigenvalue weighted by molar-refractivity contribution is 0.479. The van der Waals surface area contributed by atoms with Crippen molar-refractivity contribution in [2.75, 3.05) is 12.4 Å². The van der Waals surface area contributed by atoms with E-state index in [0.717, 1.165) is 5.76 Å². The van der Waals surface area contributed by atoms with E-state index in [9.17, 15) is 8.42 Å². The van der Waals surface area contributed by atoms with E-state index in [0.29, 0.717) is 12.4 Å². The molecule has 108 valence electrons. The fourth-order valence-corrected chi connectivity index (χ4v) is 2.82. The van der Waals surface area contributed by atoms with Crippen LogP contribution in [-0.4, -0.2) is 31.5 Å². The summed E-state index contributed by atoms with van der Waals surface area (Å²) < 4.78 is 32.0. The molecule has 0 spiro atoms. The molecule has 2 rings (SSSR count). The third-order valence-electron chi connectivity index (χ3n) is 2.61. The Labute approximate surface area is 117 Å². The van der Waals surface area contributed by atoms with Crippen LogP contribution in [0.1, 0.15) is 12.7 Å². The van der Waals surface area contributed by atoms with E-state index in [-0.39, 0.29) is 10.9 Å². The number of hydrogen-bond donors (Lipinski definition) is 2. The van der Waals surface area contributed by atoms with E-state index in [1.54, 1.807) is 32.4 Å². The first-order valence-corrected chi connectivity index (χ1v) is 7.54. The molecular weight excluding hydrogens is 280 g/mol. The van der Waals surface area contributed by atoms with E-state index in [1.807, 2.05) is 0 Å². The predicted octanol–water partition coefficient (Wildman–Crippen LogP) is 1.02. The normalized spacial score (nSPS) is 13.1. The zero-order valence-corrected chi connectivity index (χ0v) is 12.0. The number of sulfonamides is 1. The summed E-state index contributed by atoms with van der Waals surface area (Å²) in [6, 6.07) is 3.27. The quantitative estimate of drug-likeness (QED) is 0.826. The van der Waals surface area contributed by atoms with Gasteiger partial charge in [-0.3, -0.25) is 0 Å². The smallest absolute Gasteiger partial charge is 0.243 e. The van der Waals surface area contributed by atoms with Gasteiger partial charge in [-0.15, -0.1) is 0 Å². The minimum atomic E-state index is -3.63. The number of rotatable bonds is 6. The van der Waals surface area contributed by atoms with Gasteiger partial charge in [0, 0.05) is 19.5 Å². The standard InChI is InChI=1S/C12H16N4O3S/c1-9(6-10-4-3-5-19-10)16-20(17,18)11-7-14-12(13-2)15-8-11/h3-5,7-9,16H,6H2,1-2H3,(H,13,14,15). The second-order valence-electron chi connectivity index (χ2n) is 4.30. The van der Waals surface area contributed by atoms with Gasteiger partial charge in [-0.25, -0.2) is 23.1 Å². The van der Waals surface area contributed by atoms with Gasteiger partial charge < -0.3 is 9.73 Å². The second-order valence-corrected chi connectivity index (χ2v) is 6.01. The van der Waals surface area contributed by atoms with Crippen molar-refractivity contribution >= 4 is 16.0 Å². The average Bonchev–Trinajstić information content (AvgIpc) is 2.91. The van der Waals surface area contributed by atoms with Crippen molar-refractivity contribution in [3.63, 3.8) is 0 Å². The summed E-state index contributed by atoms with van der Waals surface area (Å²) in [4.78, 5) is 7.80. The van der Waals surface area contributed by atoms with Gasteiger partial charge in [0.1, 0.15) is 10.7 Å². The summed E-state index contributed by atoms with van der Waals surface area (Å²) in [5.41, 5.74) is 0. The van der Waals surface area contributed by atoms with Crippen molar-refractivity contribution < 1.29 is 12.8 Å². The van der Waals surface area contributed by atoms with Crippen LogP contribution in [0, 0.1) is 0 Å². The molecule has 20 heavy (non-hydrogen) atoms. The van der Waals surface area contributed by atoms with Gasteiger partial charge in [-0.2, -0.15) is 0 Å². The van der Waals surface area contributed by atoms with Crippen LogP contribution in [0.2, 0.25) is 0 Å². The Kier molecular flexibility index (Phi) is 4.35. The highest BCUT2D eigenvalue weighted by Crippen LogP contribution is 2.10. The highest BCUT2D eigenvalue weighted by Gasteiger charge is 2.19.